The summed E-state index contributed by atoms with van der Waals surface area (Å²) in [5, 5.41) is 6.30. The Labute approximate surface area is 148 Å². The number of hydrogen-bond donors (Lipinski definition) is 2. The molecule has 2 aromatic carbocycles. The van der Waals surface area contributed by atoms with Gasteiger partial charge in [-0.3, -0.25) is 9.69 Å². The van der Waals surface area contributed by atoms with Crippen molar-refractivity contribution in [1.29, 1.82) is 0 Å². The normalized spacial score (nSPS) is 18.1. The number of nitrogens with one attached hydrogen (secondary N) is 2. The molecule has 1 atom stereocenters. The van der Waals surface area contributed by atoms with E-state index in [1.165, 1.54) is 6.07 Å². The Morgan fingerprint density at radius 2 is 2.00 bits per heavy atom. The zero-order valence-corrected chi connectivity index (χ0v) is 14.7. The van der Waals surface area contributed by atoms with Gasteiger partial charge >= 0.3 is 0 Å². The fraction of sp³-hybridized carbons (Fsp3) is 0.350. The molecule has 2 aromatic rings. The van der Waals surface area contributed by atoms with Crippen molar-refractivity contribution in [2.45, 2.75) is 19.9 Å². The van der Waals surface area contributed by atoms with Gasteiger partial charge in [0.25, 0.3) is 0 Å². The van der Waals surface area contributed by atoms with Crippen LogP contribution in [0.4, 0.5) is 10.1 Å². The number of aryl methyl sites for hydroxylation is 2. The van der Waals surface area contributed by atoms with E-state index >= 15 is 0 Å². The van der Waals surface area contributed by atoms with Crippen molar-refractivity contribution in [2.75, 3.05) is 31.5 Å². The molecule has 1 aliphatic heterocycles. The summed E-state index contributed by atoms with van der Waals surface area (Å²) in [6.07, 6.45) is 0. The lowest BCUT2D eigenvalue weighted by molar-refractivity contribution is -0.118. The smallest absolute Gasteiger partial charge is 0.238 e. The highest BCUT2D eigenvalue weighted by Gasteiger charge is 2.25. The molecule has 1 saturated heterocycles. The van der Waals surface area contributed by atoms with E-state index in [-0.39, 0.29) is 24.3 Å². The fourth-order valence-corrected chi connectivity index (χ4v) is 3.41. The highest BCUT2D eigenvalue weighted by atomic mass is 19.1. The maximum Gasteiger partial charge on any atom is 0.238 e. The van der Waals surface area contributed by atoms with Gasteiger partial charge in [-0.2, -0.15) is 0 Å². The molecule has 0 aromatic heterocycles. The molecule has 5 heteroatoms. The first kappa shape index (κ1) is 17.6. The lowest BCUT2D eigenvalue weighted by Crippen LogP contribution is -2.48. The average molecular weight is 341 g/mol. The van der Waals surface area contributed by atoms with Gasteiger partial charge in [-0.15, -0.1) is 0 Å². The van der Waals surface area contributed by atoms with Gasteiger partial charge in [0, 0.05) is 31.4 Å². The number of piperazine rings is 1. The Bertz CT molecular complexity index is 742. The van der Waals surface area contributed by atoms with Crippen molar-refractivity contribution in [1.82, 2.24) is 10.2 Å². The Hall–Kier alpha value is -2.24. The minimum atomic E-state index is -0.247. The Morgan fingerprint density at radius 3 is 2.72 bits per heavy atom. The topological polar surface area (TPSA) is 44.4 Å². The molecule has 0 spiro atoms. The highest BCUT2D eigenvalue weighted by molar-refractivity contribution is 5.92. The summed E-state index contributed by atoms with van der Waals surface area (Å²) in [5.74, 6) is -0.295. The molecule has 0 bridgehead atoms. The summed E-state index contributed by atoms with van der Waals surface area (Å²) in [5.41, 5.74) is 3.96. The van der Waals surface area contributed by atoms with Gasteiger partial charge in [-0.1, -0.05) is 18.2 Å². The van der Waals surface area contributed by atoms with Crippen LogP contribution in [0.15, 0.2) is 42.5 Å². The van der Waals surface area contributed by atoms with Gasteiger partial charge in [0.2, 0.25) is 5.91 Å². The van der Waals surface area contributed by atoms with Crippen LogP contribution in [0.2, 0.25) is 0 Å². The maximum absolute atomic E-state index is 13.6. The highest BCUT2D eigenvalue weighted by Crippen LogP contribution is 2.23. The second kappa shape index (κ2) is 7.76. The molecule has 4 nitrogen and oxygen atoms in total. The molecule has 2 N–H and O–H groups in total. The standard InChI is InChI=1S/C20H24FN3O/c1-14-8-15(2)10-18(9-14)23-20(25)13-24-7-6-22-12-19(24)16-4-3-5-17(21)11-16/h3-5,8-11,19,22H,6-7,12-13H2,1-2H3,(H,23,25). The Morgan fingerprint density at radius 1 is 1.24 bits per heavy atom. The molecule has 0 radical (unpaired) electrons. The first-order valence-corrected chi connectivity index (χ1v) is 8.59. The summed E-state index contributed by atoms with van der Waals surface area (Å²) in [6.45, 7) is 6.60. The van der Waals surface area contributed by atoms with E-state index in [2.05, 4.69) is 21.6 Å². The number of anilines is 1. The number of hydrogen-bond acceptors (Lipinski definition) is 3. The largest absolute Gasteiger partial charge is 0.325 e. The van der Waals surface area contributed by atoms with E-state index in [9.17, 15) is 9.18 Å². The Balaban J connectivity index is 1.69. The van der Waals surface area contributed by atoms with Crippen LogP contribution in [0.25, 0.3) is 0 Å². The number of carbonyl (C=O) groups is 1. The molecule has 1 amide bonds. The molecule has 1 fully saturated rings. The molecular formula is C20H24FN3O. The van der Waals surface area contributed by atoms with Crippen LogP contribution in [0.3, 0.4) is 0 Å². The van der Waals surface area contributed by atoms with Crippen LogP contribution in [-0.2, 0) is 4.79 Å². The third kappa shape index (κ3) is 4.65. The summed E-state index contributed by atoms with van der Waals surface area (Å²) < 4.78 is 13.6. The number of nitrogens with zero attached hydrogens (tertiary/aromatic N) is 1. The summed E-state index contributed by atoms with van der Waals surface area (Å²) in [6, 6.07) is 12.6. The fourth-order valence-electron chi connectivity index (χ4n) is 3.41. The molecule has 1 unspecified atom stereocenters. The zero-order chi connectivity index (χ0) is 17.8. The SMILES string of the molecule is Cc1cc(C)cc(NC(=O)CN2CCNCC2c2cccc(F)c2)c1. The number of amides is 1. The number of benzene rings is 2. The van der Waals surface area contributed by atoms with Crippen LogP contribution < -0.4 is 10.6 Å². The van der Waals surface area contributed by atoms with Crippen LogP contribution in [-0.4, -0.2) is 37.0 Å². The second-order valence-electron chi connectivity index (χ2n) is 6.67. The van der Waals surface area contributed by atoms with Crippen molar-refractivity contribution < 1.29 is 9.18 Å². The molecule has 132 valence electrons. The summed E-state index contributed by atoms with van der Waals surface area (Å²) in [7, 11) is 0. The number of halogens is 1. The molecule has 1 aliphatic rings. The van der Waals surface area contributed by atoms with Crippen molar-refractivity contribution in [2.24, 2.45) is 0 Å². The van der Waals surface area contributed by atoms with E-state index in [0.717, 1.165) is 35.5 Å². The van der Waals surface area contributed by atoms with Gasteiger partial charge in [-0.25, -0.2) is 4.39 Å². The van der Waals surface area contributed by atoms with Gasteiger partial charge in [0.05, 0.1) is 6.54 Å². The van der Waals surface area contributed by atoms with Crippen LogP contribution >= 0.6 is 0 Å². The zero-order valence-electron chi connectivity index (χ0n) is 14.7. The lowest BCUT2D eigenvalue weighted by Gasteiger charge is -2.36. The summed E-state index contributed by atoms with van der Waals surface area (Å²) >= 11 is 0. The number of rotatable bonds is 4. The van der Waals surface area contributed by atoms with Gasteiger partial charge in [0.15, 0.2) is 0 Å². The first-order chi connectivity index (χ1) is 12.0. The summed E-state index contributed by atoms with van der Waals surface area (Å²) in [4.78, 5) is 14.6. The quantitative estimate of drug-likeness (QED) is 0.898. The van der Waals surface area contributed by atoms with E-state index in [1.807, 2.05) is 32.0 Å². The van der Waals surface area contributed by atoms with E-state index in [0.29, 0.717) is 6.54 Å². The third-order valence-electron chi connectivity index (χ3n) is 4.44. The first-order valence-electron chi connectivity index (χ1n) is 8.59. The molecule has 0 aliphatic carbocycles. The third-order valence-corrected chi connectivity index (χ3v) is 4.44. The molecule has 1 heterocycles. The molecule has 25 heavy (non-hydrogen) atoms. The van der Waals surface area contributed by atoms with Crippen LogP contribution in [0.5, 0.6) is 0 Å². The predicted octanol–water partition coefficient (Wildman–Crippen LogP) is 3.03. The van der Waals surface area contributed by atoms with Crippen LogP contribution in [0.1, 0.15) is 22.7 Å². The second-order valence-corrected chi connectivity index (χ2v) is 6.67. The van der Waals surface area contributed by atoms with Crippen LogP contribution in [0, 0.1) is 19.7 Å². The van der Waals surface area contributed by atoms with Crippen molar-refractivity contribution >= 4 is 11.6 Å². The van der Waals surface area contributed by atoms with E-state index < -0.39 is 0 Å². The minimum absolute atomic E-state index is 0.00514. The van der Waals surface area contributed by atoms with Crippen molar-refractivity contribution in [3.63, 3.8) is 0 Å². The molecule has 3 rings (SSSR count). The predicted molar refractivity (Wildman–Crippen MR) is 98.1 cm³/mol. The Kier molecular flexibility index (Phi) is 5.46. The number of carbonyl (C=O) groups excluding carboxylic acids is 1. The maximum atomic E-state index is 13.6. The van der Waals surface area contributed by atoms with Gasteiger partial charge in [0.1, 0.15) is 5.82 Å². The van der Waals surface area contributed by atoms with E-state index in [4.69, 9.17) is 0 Å². The lowest BCUT2D eigenvalue weighted by atomic mass is 10.0. The monoisotopic (exact) mass is 341 g/mol. The minimum Gasteiger partial charge on any atom is -0.325 e. The molecular weight excluding hydrogens is 317 g/mol. The average Bonchev–Trinajstić information content (AvgIpc) is 2.54. The van der Waals surface area contributed by atoms with Gasteiger partial charge < -0.3 is 10.6 Å². The van der Waals surface area contributed by atoms with Gasteiger partial charge in [-0.05, 0) is 54.8 Å². The van der Waals surface area contributed by atoms with Crippen molar-refractivity contribution in [3.8, 4) is 0 Å². The molecule has 0 saturated carbocycles. The van der Waals surface area contributed by atoms with E-state index in [1.54, 1.807) is 12.1 Å². The van der Waals surface area contributed by atoms with Crippen molar-refractivity contribution in [3.05, 3.63) is 65.0 Å².